The van der Waals surface area contributed by atoms with Gasteiger partial charge in [0.05, 0.1) is 11.2 Å². The number of H-pyrrole nitrogens is 1. The monoisotopic (exact) mass is 336 g/mol. The molecule has 0 aliphatic heterocycles. The first-order chi connectivity index (χ1) is 12.3. The van der Waals surface area contributed by atoms with Crippen molar-refractivity contribution in [2.45, 2.75) is 37.8 Å². The van der Waals surface area contributed by atoms with Gasteiger partial charge >= 0.3 is 0 Å². The molecule has 1 saturated carbocycles. The lowest BCUT2D eigenvalue weighted by Crippen LogP contribution is -2.40. The second kappa shape index (κ2) is 6.80. The van der Waals surface area contributed by atoms with E-state index >= 15 is 0 Å². The van der Waals surface area contributed by atoms with Crippen LogP contribution in [0.1, 0.15) is 25.7 Å². The van der Waals surface area contributed by atoms with Crippen LogP contribution in [0, 0.1) is 0 Å². The van der Waals surface area contributed by atoms with Gasteiger partial charge in [0.1, 0.15) is 12.1 Å². The van der Waals surface area contributed by atoms with Crippen LogP contribution in [0.2, 0.25) is 0 Å². The van der Waals surface area contributed by atoms with Crippen LogP contribution in [0.15, 0.2) is 36.8 Å². The molecule has 1 fully saturated rings. The molecule has 0 unspecified atom stereocenters. The van der Waals surface area contributed by atoms with Gasteiger partial charge < -0.3 is 10.2 Å². The standard InChI is InChI=1S/C19H24N6/c1-20-14-4-6-15(7-5-14)25(2)19-16-11-13(17-9-10-23-24-17)3-8-18(16)21-12-22-19/h3,8-12,14-15,20H,4-7H2,1-2H3,(H,23,24). The Labute approximate surface area is 147 Å². The Morgan fingerprint density at radius 3 is 2.68 bits per heavy atom. The van der Waals surface area contributed by atoms with E-state index in [0.29, 0.717) is 12.1 Å². The fraction of sp³-hybridized carbons (Fsp3) is 0.421. The highest BCUT2D eigenvalue weighted by Crippen LogP contribution is 2.31. The van der Waals surface area contributed by atoms with Crippen LogP contribution in [0.25, 0.3) is 22.2 Å². The SMILES string of the molecule is CNC1CCC(N(C)c2ncnc3ccc(-c4ccn[nH]4)cc23)CC1. The summed E-state index contributed by atoms with van der Waals surface area (Å²) in [4.78, 5) is 11.4. The van der Waals surface area contributed by atoms with Crippen LogP contribution >= 0.6 is 0 Å². The van der Waals surface area contributed by atoms with Crippen molar-refractivity contribution in [1.29, 1.82) is 0 Å². The van der Waals surface area contributed by atoms with E-state index in [1.807, 2.05) is 6.07 Å². The van der Waals surface area contributed by atoms with E-state index in [-0.39, 0.29) is 0 Å². The molecule has 130 valence electrons. The molecule has 0 spiro atoms. The van der Waals surface area contributed by atoms with Gasteiger partial charge in [-0.2, -0.15) is 5.10 Å². The molecule has 25 heavy (non-hydrogen) atoms. The van der Waals surface area contributed by atoms with Crippen molar-refractivity contribution in [2.75, 3.05) is 19.0 Å². The molecule has 2 aromatic heterocycles. The predicted octanol–water partition coefficient (Wildman–Crippen LogP) is 2.99. The second-order valence-electron chi connectivity index (χ2n) is 6.80. The van der Waals surface area contributed by atoms with Crippen molar-refractivity contribution in [2.24, 2.45) is 0 Å². The topological polar surface area (TPSA) is 69.7 Å². The molecule has 1 aliphatic carbocycles. The predicted molar refractivity (Wildman–Crippen MR) is 101 cm³/mol. The number of benzene rings is 1. The first-order valence-corrected chi connectivity index (χ1v) is 8.91. The highest BCUT2D eigenvalue weighted by Gasteiger charge is 2.25. The zero-order valence-corrected chi connectivity index (χ0v) is 14.7. The molecule has 0 atom stereocenters. The lowest BCUT2D eigenvalue weighted by Gasteiger charge is -2.35. The Balaban J connectivity index is 1.68. The maximum absolute atomic E-state index is 4.62. The highest BCUT2D eigenvalue weighted by atomic mass is 15.2. The fourth-order valence-electron chi connectivity index (χ4n) is 3.83. The molecule has 4 rings (SSSR count). The summed E-state index contributed by atoms with van der Waals surface area (Å²) >= 11 is 0. The van der Waals surface area contributed by atoms with Crippen molar-refractivity contribution >= 4 is 16.7 Å². The zero-order valence-electron chi connectivity index (χ0n) is 14.7. The van der Waals surface area contributed by atoms with E-state index in [9.17, 15) is 0 Å². The molecule has 0 saturated heterocycles. The van der Waals surface area contributed by atoms with Gasteiger partial charge in [-0.3, -0.25) is 5.10 Å². The molecular formula is C19H24N6. The quantitative estimate of drug-likeness (QED) is 0.766. The highest BCUT2D eigenvalue weighted by molar-refractivity contribution is 5.92. The molecule has 0 bridgehead atoms. The molecule has 2 heterocycles. The van der Waals surface area contributed by atoms with Crippen LogP contribution in [0.3, 0.4) is 0 Å². The summed E-state index contributed by atoms with van der Waals surface area (Å²) in [5.41, 5.74) is 3.09. The third-order valence-corrected chi connectivity index (χ3v) is 5.41. The van der Waals surface area contributed by atoms with Gasteiger partial charge in [0.2, 0.25) is 0 Å². The van der Waals surface area contributed by atoms with Crippen LogP contribution in [-0.4, -0.2) is 46.3 Å². The fourth-order valence-corrected chi connectivity index (χ4v) is 3.83. The van der Waals surface area contributed by atoms with Crippen LogP contribution < -0.4 is 10.2 Å². The largest absolute Gasteiger partial charge is 0.356 e. The maximum atomic E-state index is 4.62. The molecule has 6 heteroatoms. The summed E-state index contributed by atoms with van der Waals surface area (Å²) < 4.78 is 0. The lowest BCUT2D eigenvalue weighted by atomic mass is 9.90. The Morgan fingerprint density at radius 1 is 1.12 bits per heavy atom. The van der Waals surface area contributed by atoms with Gasteiger partial charge in [0, 0.05) is 36.3 Å². The normalized spacial score (nSPS) is 20.7. The van der Waals surface area contributed by atoms with Crippen LogP contribution in [0.5, 0.6) is 0 Å². The number of aromatic nitrogens is 4. The van der Waals surface area contributed by atoms with Gasteiger partial charge in [-0.15, -0.1) is 0 Å². The molecule has 1 aliphatic rings. The van der Waals surface area contributed by atoms with E-state index in [1.165, 1.54) is 25.7 Å². The summed E-state index contributed by atoms with van der Waals surface area (Å²) in [7, 11) is 4.22. The summed E-state index contributed by atoms with van der Waals surface area (Å²) in [5.74, 6) is 1.01. The number of anilines is 1. The number of rotatable bonds is 4. The van der Waals surface area contributed by atoms with Crippen LogP contribution in [-0.2, 0) is 0 Å². The number of hydrogen-bond donors (Lipinski definition) is 2. The average Bonchev–Trinajstić information content (AvgIpc) is 3.21. The molecule has 6 nitrogen and oxygen atoms in total. The van der Waals surface area contributed by atoms with Gasteiger partial charge in [-0.1, -0.05) is 6.07 Å². The van der Waals surface area contributed by atoms with E-state index in [2.05, 4.69) is 62.7 Å². The Kier molecular flexibility index (Phi) is 4.36. The van der Waals surface area contributed by atoms with Crippen molar-refractivity contribution < 1.29 is 0 Å². The zero-order chi connectivity index (χ0) is 17.2. The Bertz CT molecular complexity index is 836. The van der Waals surface area contributed by atoms with Crippen molar-refractivity contribution in [1.82, 2.24) is 25.5 Å². The van der Waals surface area contributed by atoms with Gasteiger partial charge in [-0.25, -0.2) is 9.97 Å². The third kappa shape index (κ3) is 3.09. The molecule has 2 N–H and O–H groups in total. The lowest BCUT2D eigenvalue weighted by molar-refractivity contribution is 0.351. The number of fused-ring (bicyclic) bond motifs is 1. The first-order valence-electron chi connectivity index (χ1n) is 8.91. The van der Waals surface area contributed by atoms with E-state index in [1.54, 1.807) is 12.5 Å². The van der Waals surface area contributed by atoms with Crippen LogP contribution in [0.4, 0.5) is 5.82 Å². The molecule has 3 aromatic rings. The van der Waals surface area contributed by atoms with Gasteiger partial charge in [0.15, 0.2) is 0 Å². The molecule has 0 radical (unpaired) electrons. The summed E-state index contributed by atoms with van der Waals surface area (Å²) in [6.07, 6.45) is 8.25. The maximum Gasteiger partial charge on any atom is 0.139 e. The summed E-state index contributed by atoms with van der Waals surface area (Å²) in [5, 5.41) is 11.6. The van der Waals surface area contributed by atoms with Crippen molar-refractivity contribution in [3.8, 4) is 11.3 Å². The summed E-state index contributed by atoms with van der Waals surface area (Å²) in [6, 6.07) is 9.45. The molecule has 0 amide bonds. The third-order valence-electron chi connectivity index (χ3n) is 5.41. The molecule has 1 aromatic carbocycles. The van der Waals surface area contributed by atoms with Gasteiger partial charge in [-0.05, 0) is 50.9 Å². The van der Waals surface area contributed by atoms with E-state index in [0.717, 1.165) is 28.0 Å². The second-order valence-corrected chi connectivity index (χ2v) is 6.80. The van der Waals surface area contributed by atoms with E-state index < -0.39 is 0 Å². The minimum Gasteiger partial charge on any atom is -0.356 e. The van der Waals surface area contributed by atoms with Crippen molar-refractivity contribution in [3.63, 3.8) is 0 Å². The van der Waals surface area contributed by atoms with E-state index in [4.69, 9.17) is 0 Å². The minimum absolute atomic E-state index is 0.526. The number of hydrogen-bond acceptors (Lipinski definition) is 5. The number of nitrogens with one attached hydrogen (secondary N) is 2. The van der Waals surface area contributed by atoms with Crippen molar-refractivity contribution in [3.05, 3.63) is 36.8 Å². The van der Waals surface area contributed by atoms with Gasteiger partial charge in [0.25, 0.3) is 0 Å². The Hall–Kier alpha value is -2.47. The molecular weight excluding hydrogens is 312 g/mol. The smallest absolute Gasteiger partial charge is 0.139 e. The number of aromatic amines is 1. The number of nitrogens with zero attached hydrogens (tertiary/aromatic N) is 4. The minimum atomic E-state index is 0.526. The summed E-state index contributed by atoms with van der Waals surface area (Å²) in [6.45, 7) is 0. The Morgan fingerprint density at radius 2 is 1.96 bits per heavy atom. The first kappa shape index (κ1) is 16.0. The average molecular weight is 336 g/mol.